The second kappa shape index (κ2) is 9.18. The van der Waals surface area contributed by atoms with Crippen LogP contribution >= 0.6 is 24.8 Å². The number of rotatable bonds is 3. The number of hydrogen-bond donors (Lipinski definition) is 0. The topological polar surface area (TPSA) is 0 Å². The minimum atomic E-state index is 0. The van der Waals surface area contributed by atoms with Gasteiger partial charge in [-0.2, -0.15) is 0 Å². The Kier molecular flexibility index (Phi) is 8.20. The monoisotopic (exact) mass is 434 g/mol. The molecule has 0 fully saturated rings. The van der Waals surface area contributed by atoms with Crippen LogP contribution in [0, 0.1) is 0 Å². The summed E-state index contributed by atoms with van der Waals surface area (Å²) >= 11 is 0. The summed E-state index contributed by atoms with van der Waals surface area (Å²) in [6, 6.07) is 13.6. The van der Waals surface area contributed by atoms with Crippen molar-refractivity contribution in [3.8, 4) is 11.1 Å². The van der Waals surface area contributed by atoms with E-state index in [-0.39, 0.29) is 51.0 Å². The Labute approximate surface area is 176 Å². The van der Waals surface area contributed by atoms with Crippen molar-refractivity contribution in [3.05, 3.63) is 82.5 Å². The Morgan fingerprint density at radius 1 is 0.958 bits per heavy atom. The van der Waals surface area contributed by atoms with E-state index in [9.17, 15) is 0 Å². The molecule has 124 valence electrons. The molecule has 0 atom stereocenters. The summed E-state index contributed by atoms with van der Waals surface area (Å²) in [4.78, 5) is 0. The van der Waals surface area contributed by atoms with Crippen molar-refractivity contribution >= 4 is 24.8 Å². The van der Waals surface area contributed by atoms with E-state index in [1.807, 2.05) is 0 Å². The van der Waals surface area contributed by atoms with Crippen LogP contribution in [0.4, 0.5) is 0 Å². The fourth-order valence-corrected chi connectivity index (χ4v) is 3.72. The molecule has 0 nitrogen and oxygen atoms in total. The number of fused-ring (bicyclic) bond motifs is 3. The molecule has 0 radical (unpaired) electrons. The smallest absolute Gasteiger partial charge is 0 e. The first-order valence-electron chi connectivity index (χ1n) is 7.93. The quantitative estimate of drug-likeness (QED) is 0.466. The third-order valence-electron chi connectivity index (χ3n) is 4.84. The minimum absolute atomic E-state index is 0. The van der Waals surface area contributed by atoms with Crippen molar-refractivity contribution in [2.24, 2.45) is 0 Å². The summed E-state index contributed by atoms with van der Waals surface area (Å²) in [6.07, 6.45) is 11.2. The van der Waals surface area contributed by atoms with Crippen molar-refractivity contribution in [1.29, 1.82) is 0 Å². The molecule has 0 bridgehead atoms. The molecule has 0 saturated carbocycles. The molecule has 3 heteroatoms. The molecule has 0 amide bonds. The Morgan fingerprint density at radius 2 is 1.75 bits per heavy atom. The maximum absolute atomic E-state index is 2.35. The van der Waals surface area contributed by atoms with Gasteiger partial charge >= 0.3 is 0 Å². The second-order valence-electron chi connectivity index (χ2n) is 6.05. The van der Waals surface area contributed by atoms with Gasteiger partial charge in [-0.15, -0.1) is 24.8 Å². The van der Waals surface area contributed by atoms with E-state index in [4.69, 9.17) is 0 Å². The van der Waals surface area contributed by atoms with E-state index in [1.165, 1.54) is 22.3 Å². The first-order valence-corrected chi connectivity index (χ1v) is 7.93. The number of allylic oxidation sites excluding steroid dienone is 4. The first-order chi connectivity index (χ1) is 10.4. The summed E-state index contributed by atoms with van der Waals surface area (Å²) in [6.45, 7) is 2.27. The fraction of sp³-hybridized carbons (Fsp3) is 0.238. The Balaban J connectivity index is 0.000000960. The van der Waals surface area contributed by atoms with E-state index in [1.54, 1.807) is 16.7 Å². The molecule has 0 aliphatic heterocycles. The standard InChI is InChI=1S/C21H20.2ClH.Zr/c1-2-16-11-12-19-18-10-6-5-9-17(18)14-21(19)20(16)13-15-7-3-4-8-15;;;/h3-7,9-12H,2,8,13-14H2,1H3;2*1H;. The number of benzene rings is 2. The zero-order chi connectivity index (χ0) is 14.2. The molecule has 2 aliphatic carbocycles. The van der Waals surface area contributed by atoms with Gasteiger partial charge in [-0.05, 0) is 59.1 Å². The maximum atomic E-state index is 2.35. The van der Waals surface area contributed by atoms with Gasteiger partial charge in [0.05, 0.1) is 0 Å². The largest absolute Gasteiger partial charge is 0.147 e. The normalized spacial score (nSPS) is 13.1. The molecule has 0 aromatic heterocycles. The molecule has 0 unspecified atom stereocenters. The summed E-state index contributed by atoms with van der Waals surface area (Å²) in [5, 5.41) is 0. The average Bonchev–Trinajstić information content (AvgIpc) is 3.15. The molecule has 4 rings (SSSR count). The Morgan fingerprint density at radius 3 is 2.46 bits per heavy atom. The van der Waals surface area contributed by atoms with Crippen LogP contribution < -0.4 is 0 Å². The van der Waals surface area contributed by atoms with E-state index in [2.05, 4.69) is 61.5 Å². The Bertz CT molecular complexity index is 775. The summed E-state index contributed by atoms with van der Waals surface area (Å²) in [7, 11) is 0. The van der Waals surface area contributed by atoms with Gasteiger partial charge in [-0.3, -0.25) is 0 Å². The predicted octanol–water partition coefficient (Wildman–Crippen LogP) is 6.09. The molecule has 0 saturated heterocycles. The summed E-state index contributed by atoms with van der Waals surface area (Å²) < 4.78 is 0. The van der Waals surface area contributed by atoms with Gasteiger partial charge < -0.3 is 0 Å². The van der Waals surface area contributed by atoms with Crippen molar-refractivity contribution in [2.45, 2.75) is 32.6 Å². The molecule has 24 heavy (non-hydrogen) atoms. The number of halogens is 2. The molecule has 0 heterocycles. The predicted molar refractivity (Wildman–Crippen MR) is 104 cm³/mol. The van der Waals surface area contributed by atoms with Gasteiger partial charge in [0.25, 0.3) is 0 Å². The summed E-state index contributed by atoms with van der Waals surface area (Å²) in [5.41, 5.74) is 10.6. The SMILES string of the molecule is CCc1ccc2c(c1CC1=CC=CC1)Cc1ccccc1-2.Cl.Cl.[Zr]. The van der Waals surface area contributed by atoms with E-state index >= 15 is 0 Å². The van der Waals surface area contributed by atoms with Crippen LogP contribution in [0.25, 0.3) is 11.1 Å². The van der Waals surface area contributed by atoms with Crippen LogP contribution in [0.5, 0.6) is 0 Å². The van der Waals surface area contributed by atoms with Crippen LogP contribution in [-0.4, -0.2) is 0 Å². The van der Waals surface area contributed by atoms with E-state index in [0.29, 0.717) is 0 Å². The number of hydrogen-bond acceptors (Lipinski definition) is 0. The Hall–Kier alpha value is -0.617. The molecule has 2 aromatic rings. The minimum Gasteiger partial charge on any atom is -0.147 e. The van der Waals surface area contributed by atoms with Crippen LogP contribution in [0.1, 0.15) is 35.6 Å². The molecule has 2 aromatic carbocycles. The van der Waals surface area contributed by atoms with Gasteiger partial charge in [-0.25, -0.2) is 0 Å². The van der Waals surface area contributed by atoms with E-state index < -0.39 is 0 Å². The third-order valence-corrected chi connectivity index (χ3v) is 4.84. The second-order valence-corrected chi connectivity index (χ2v) is 6.05. The van der Waals surface area contributed by atoms with Gasteiger partial charge in [0.2, 0.25) is 0 Å². The third kappa shape index (κ3) is 3.80. The summed E-state index contributed by atoms with van der Waals surface area (Å²) in [5.74, 6) is 0. The van der Waals surface area contributed by atoms with Crippen molar-refractivity contribution in [2.75, 3.05) is 0 Å². The number of aryl methyl sites for hydroxylation is 1. The molecular formula is C21H22Cl2Zr. The zero-order valence-electron chi connectivity index (χ0n) is 13.8. The first kappa shape index (κ1) is 21.4. The van der Waals surface area contributed by atoms with Gasteiger partial charge in [0, 0.05) is 26.2 Å². The van der Waals surface area contributed by atoms with Crippen molar-refractivity contribution in [3.63, 3.8) is 0 Å². The maximum Gasteiger partial charge on any atom is 0 e. The zero-order valence-corrected chi connectivity index (χ0v) is 17.9. The van der Waals surface area contributed by atoms with Gasteiger partial charge in [-0.1, -0.05) is 67.1 Å². The van der Waals surface area contributed by atoms with Gasteiger partial charge in [0.1, 0.15) is 0 Å². The van der Waals surface area contributed by atoms with Crippen molar-refractivity contribution < 1.29 is 26.2 Å². The molecule has 0 N–H and O–H groups in total. The van der Waals surface area contributed by atoms with Gasteiger partial charge in [0.15, 0.2) is 0 Å². The van der Waals surface area contributed by atoms with Crippen LogP contribution in [0.3, 0.4) is 0 Å². The van der Waals surface area contributed by atoms with Crippen LogP contribution in [0.15, 0.2) is 60.2 Å². The molecule has 0 spiro atoms. The molecule has 2 aliphatic rings. The fourth-order valence-electron chi connectivity index (χ4n) is 3.72. The van der Waals surface area contributed by atoms with Crippen molar-refractivity contribution in [1.82, 2.24) is 0 Å². The van der Waals surface area contributed by atoms with Crippen LogP contribution in [-0.2, 0) is 45.5 Å². The molecular weight excluding hydrogens is 414 g/mol. The van der Waals surface area contributed by atoms with Crippen LogP contribution in [0.2, 0.25) is 0 Å². The van der Waals surface area contributed by atoms with E-state index in [0.717, 1.165) is 25.7 Å². The average molecular weight is 437 g/mol.